The van der Waals surface area contributed by atoms with Gasteiger partial charge in [0.05, 0.1) is 0 Å². The summed E-state index contributed by atoms with van der Waals surface area (Å²) >= 11 is 5.54. The molecule has 0 unspecified atom stereocenters. The summed E-state index contributed by atoms with van der Waals surface area (Å²) in [5.74, 6) is 0. The number of alkyl halides is 1. The number of rotatable bonds is 7. The highest BCUT2D eigenvalue weighted by molar-refractivity contribution is 9.09. The molecule has 1 aliphatic carbocycles. The topological polar surface area (TPSA) is 3.24 Å². The molecule has 1 aliphatic rings. The van der Waals surface area contributed by atoms with Gasteiger partial charge < -0.3 is 0 Å². The van der Waals surface area contributed by atoms with Gasteiger partial charge in [-0.15, -0.1) is 11.3 Å². The Balaban J connectivity index is 1.90. The van der Waals surface area contributed by atoms with Crippen LogP contribution < -0.4 is 0 Å². The third-order valence-corrected chi connectivity index (χ3v) is 5.37. The highest BCUT2D eigenvalue weighted by Crippen LogP contribution is 2.28. The van der Waals surface area contributed by atoms with E-state index < -0.39 is 0 Å². The minimum Gasteiger partial charge on any atom is -0.295 e. The molecule has 0 bridgehead atoms. The lowest BCUT2D eigenvalue weighted by Crippen LogP contribution is -2.40. The minimum atomic E-state index is 0.862. The Bertz CT molecular complexity index is 333. The molecule has 2 rings (SSSR count). The first-order valence-corrected chi connectivity index (χ1v) is 8.65. The molecular weight excluding hydrogens is 294 g/mol. The van der Waals surface area contributed by atoms with E-state index in [1.54, 1.807) is 4.88 Å². The van der Waals surface area contributed by atoms with Crippen molar-refractivity contribution in [2.45, 2.75) is 51.6 Å². The van der Waals surface area contributed by atoms with Crippen LogP contribution in [0.25, 0.3) is 0 Å². The summed E-state index contributed by atoms with van der Waals surface area (Å²) in [5.41, 5.74) is 0. The fourth-order valence-corrected chi connectivity index (χ4v) is 3.54. The molecule has 0 aliphatic heterocycles. The molecule has 1 aromatic rings. The summed E-state index contributed by atoms with van der Waals surface area (Å²) in [6, 6.07) is 5.48. The Morgan fingerprint density at radius 3 is 2.65 bits per heavy atom. The molecule has 0 spiro atoms. The number of nitrogens with zero attached hydrogens (tertiary/aromatic N) is 1. The van der Waals surface area contributed by atoms with Crippen LogP contribution in [0.4, 0.5) is 0 Å². The predicted octanol–water partition coefficient (Wildman–Crippen LogP) is 4.45. The first-order valence-electron chi connectivity index (χ1n) is 6.71. The van der Waals surface area contributed by atoms with Crippen molar-refractivity contribution in [2.75, 3.05) is 11.9 Å². The van der Waals surface area contributed by atoms with Crippen molar-refractivity contribution in [3.05, 3.63) is 21.9 Å². The molecule has 0 N–H and O–H groups in total. The van der Waals surface area contributed by atoms with E-state index in [0.717, 1.165) is 11.4 Å². The maximum absolute atomic E-state index is 3.54. The number of aryl methyl sites for hydroxylation is 1. The molecule has 3 heteroatoms. The Labute approximate surface area is 117 Å². The van der Waals surface area contributed by atoms with Crippen LogP contribution in [0.2, 0.25) is 0 Å². The van der Waals surface area contributed by atoms with Crippen LogP contribution in [-0.2, 0) is 13.0 Å². The maximum Gasteiger partial charge on any atom is 0.0330 e. The maximum atomic E-state index is 3.54. The van der Waals surface area contributed by atoms with Crippen LogP contribution in [0.15, 0.2) is 12.1 Å². The summed E-state index contributed by atoms with van der Waals surface area (Å²) in [6.07, 6.45) is 6.70. The van der Waals surface area contributed by atoms with Gasteiger partial charge in [-0.2, -0.15) is 0 Å². The average molecular weight is 316 g/mol. The minimum absolute atomic E-state index is 0.862. The van der Waals surface area contributed by atoms with E-state index in [-0.39, 0.29) is 0 Å². The second kappa shape index (κ2) is 6.91. The monoisotopic (exact) mass is 315 g/mol. The molecule has 1 nitrogen and oxygen atoms in total. The second-order valence-electron chi connectivity index (χ2n) is 4.82. The van der Waals surface area contributed by atoms with Crippen molar-refractivity contribution in [3.63, 3.8) is 0 Å². The summed E-state index contributed by atoms with van der Waals surface area (Å²) in [5, 5.41) is 1.13. The van der Waals surface area contributed by atoms with Gasteiger partial charge in [0.2, 0.25) is 0 Å². The number of hydrogen-bond donors (Lipinski definition) is 0. The smallest absolute Gasteiger partial charge is 0.0330 e. The van der Waals surface area contributed by atoms with Crippen LogP contribution >= 0.6 is 27.3 Å². The van der Waals surface area contributed by atoms with E-state index >= 15 is 0 Å². The Hall–Kier alpha value is 0.140. The number of thiophene rings is 1. The average Bonchev–Trinajstić information content (AvgIpc) is 2.71. The first-order chi connectivity index (χ1) is 8.33. The Morgan fingerprint density at radius 1 is 1.35 bits per heavy atom. The molecule has 1 saturated carbocycles. The fraction of sp³-hybridized carbons (Fsp3) is 0.714. The van der Waals surface area contributed by atoms with Crippen molar-refractivity contribution >= 4 is 27.3 Å². The lowest BCUT2D eigenvalue weighted by molar-refractivity contribution is 0.121. The standard InChI is InChI=1S/C14H22BrNS/c1-2-13-7-8-14(17-13)11-16(10-4-9-15)12-5-3-6-12/h7-8,12H,2-6,9-11H2,1H3. The Kier molecular flexibility index (Phi) is 5.51. The molecule has 1 fully saturated rings. The van der Waals surface area contributed by atoms with Crippen molar-refractivity contribution in [1.82, 2.24) is 4.90 Å². The van der Waals surface area contributed by atoms with E-state index in [4.69, 9.17) is 0 Å². The quantitative estimate of drug-likeness (QED) is 0.672. The van der Waals surface area contributed by atoms with Crippen LogP contribution in [0.1, 0.15) is 42.4 Å². The Morgan fingerprint density at radius 2 is 2.12 bits per heavy atom. The first kappa shape index (κ1) is 13.6. The van der Waals surface area contributed by atoms with Gasteiger partial charge in [0, 0.05) is 27.7 Å². The molecule has 1 aromatic heterocycles. The van der Waals surface area contributed by atoms with Crippen molar-refractivity contribution in [3.8, 4) is 0 Å². The van der Waals surface area contributed by atoms with Crippen LogP contribution in [0, 0.1) is 0 Å². The van der Waals surface area contributed by atoms with Gasteiger partial charge in [0.15, 0.2) is 0 Å². The van der Waals surface area contributed by atoms with Crippen molar-refractivity contribution < 1.29 is 0 Å². The second-order valence-corrected chi connectivity index (χ2v) is 6.87. The van der Waals surface area contributed by atoms with Gasteiger partial charge in [-0.05, 0) is 44.4 Å². The summed E-state index contributed by atoms with van der Waals surface area (Å²) in [7, 11) is 0. The fourth-order valence-electron chi connectivity index (χ4n) is 2.30. The van der Waals surface area contributed by atoms with Gasteiger partial charge in [-0.25, -0.2) is 0 Å². The number of hydrogen-bond acceptors (Lipinski definition) is 2. The van der Waals surface area contributed by atoms with E-state index in [9.17, 15) is 0 Å². The SMILES string of the molecule is CCc1ccc(CN(CCCBr)C2CCC2)s1. The van der Waals surface area contributed by atoms with Crippen LogP contribution in [0.5, 0.6) is 0 Å². The van der Waals surface area contributed by atoms with Gasteiger partial charge in [0.25, 0.3) is 0 Å². The lowest BCUT2D eigenvalue weighted by Gasteiger charge is -2.37. The van der Waals surface area contributed by atoms with Crippen molar-refractivity contribution in [2.24, 2.45) is 0 Å². The molecule has 0 radical (unpaired) electrons. The molecular formula is C14H22BrNS. The number of halogens is 1. The molecule has 1 heterocycles. The van der Waals surface area contributed by atoms with Crippen molar-refractivity contribution in [1.29, 1.82) is 0 Å². The van der Waals surface area contributed by atoms with Gasteiger partial charge in [-0.3, -0.25) is 4.90 Å². The van der Waals surface area contributed by atoms with Gasteiger partial charge >= 0.3 is 0 Å². The molecule has 0 aromatic carbocycles. The van der Waals surface area contributed by atoms with E-state index in [0.29, 0.717) is 0 Å². The lowest BCUT2D eigenvalue weighted by atomic mass is 9.91. The van der Waals surface area contributed by atoms with Gasteiger partial charge in [-0.1, -0.05) is 29.3 Å². The zero-order chi connectivity index (χ0) is 12.1. The van der Waals surface area contributed by atoms with Crippen LogP contribution in [0.3, 0.4) is 0 Å². The normalized spacial score (nSPS) is 16.4. The van der Waals surface area contributed by atoms with Crippen LogP contribution in [-0.4, -0.2) is 22.8 Å². The predicted molar refractivity (Wildman–Crippen MR) is 80.2 cm³/mol. The van der Waals surface area contributed by atoms with Gasteiger partial charge in [0.1, 0.15) is 0 Å². The van der Waals surface area contributed by atoms with E-state index in [1.807, 2.05) is 11.3 Å². The zero-order valence-corrected chi connectivity index (χ0v) is 13.0. The molecule has 0 atom stereocenters. The summed E-state index contributed by atoms with van der Waals surface area (Å²) < 4.78 is 0. The molecule has 0 amide bonds. The third kappa shape index (κ3) is 3.80. The molecule has 0 saturated heterocycles. The molecule has 17 heavy (non-hydrogen) atoms. The summed E-state index contributed by atoms with van der Waals surface area (Å²) in [6.45, 7) is 4.65. The summed E-state index contributed by atoms with van der Waals surface area (Å²) in [4.78, 5) is 5.76. The van der Waals surface area contributed by atoms with E-state index in [2.05, 4.69) is 39.9 Å². The third-order valence-electron chi connectivity index (χ3n) is 3.59. The molecule has 96 valence electrons. The highest BCUT2D eigenvalue weighted by Gasteiger charge is 2.24. The highest BCUT2D eigenvalue weighted by atomic mass is 79.9. The van der Waals surface area contributed by atoms with E-state index in [1.165, 1.54) is 50.1 Å². The zero-order valence-electron chi connectivity index (χ0n) is 10.6. The largest absolute Gasteiger partial charge is 0.295 e.